The molecule has 1 unspecified atom stereocenters. The molecule has 1 aromatic carbocycles. The van der Waals surface area contributed by atoms with E-state index < -0.39 is 11.6 Å². The van der Waals surface area contributed by atoms with Gasteiger partial charge in [-0.1, -0.05) is 19.8 Å². The number of ether oxygens (including phenoxy) is 2. The van der Waals surface area contributed by atoms with Crippen molar-refractivity contribution in [3.63, 3.8) is 0 Å². The highest BCUT2D eigenvalue weighted by molar-refractivity contribution is 5.98. The van der Waals surface area contributed by atoms with Gasteiger partial charge in [0.05, 0.1) is 11.3 Å². The molecule has 0 aromatic heterocycles. The molecule has 0 radical (unpaired) electrons. The number of unbranched alkanes of at least 4 members (excludes halogenated alkanes) is 1. The minimum absolute atomic E-state index is 0.214. The molecule has 124 valence electrons. The number of hydrogen-bond donors (Lipinski definition) is 1. The Kier molecular flexibility index (Phi) is 6.73. The fourth-order valence-electron chi connectivity index (χ4n) is 2.03. The van der Waals surface area contributed by atoms with Crippen molar-refractivity contribution in [2.45, 2.75) is 45.6 Å². The van der Waals surface area contributed by atoms with Crippen molar-refractivity contribution in [1.29, 1.82) is 5.26 Å². The van der Waals surface area contributed by atoms with Crippen LogP contribution in [0.1, 0.15) is 45.6 Å². The Hall–Kier alpha value is -2.39. The van der Waals surface area contributed by atoms with E-state index in [0.717, 1.165) is 12.8 Å². The molecule has 23 heavy (non-hydrogen) atoms. The molecule has 1 aromatic rings. The van der Waals surface area contributed by atoms with Crippen LogP contribution in [0.15, 0.2) is 18.2 Å². The lowest BCUT2D eigenvalue weighted by Gasteiger charge is -2.27. The molecule has 0 spiro atoms. The molecule has 0 aliphatic heterocycles. The number of esters is 1. The van der Waals surface area contributed by atoms with Gasteiger partial charge in [-0.15, -0.1) is 0 Å². The largest absolute Gasteiger partial charge is 0.427 e. The topological polar surface area (TPSA) is 88.4 Å². The van der Waals surface area contributed by atoms with Crippen LogP contribution in [-0.4, -0.2) is 24.6 Å². The van der Waals surface area contributed by atoms with Crippen LogP contribution in [0.4, 0.5) is 5.69 Å². The third kappa shape index (κ3) is 5.08. The van der Waals surface area contributed by atoms with Gasteiger partial charge in [-0.3, -0.25) is 9.59 Å². The fourth-order valence-corrected chi connectivity index (χ4v) is 2.03. The minimum Gasteiger partial charge on any atom is -0.427 e. The summed E-state index contributed by atoms with van der Waals surface area (Å²) in [6.45, 7) is 5.03. The van der Waals surface area contributed by atoms with Crippen LogP contribution in [-0.2, 0) is 14.3 Å². The van der Waals surface area contributed by atoms with Crippen LogP contribution in [0, 0.1) is 11.3 Å². The Morgan fingerprint density at radius 1 is 1.39 bits per heavy atom. The number of carbonyl (C=O) groups is 2. The number of anilines is 1. The summed E-state index contributed by atoms with van der Waals surface area (Å²) in [5.41, 5.74) is -0.392. The highest BCUT2D eigenvalue weighted by Gasteiger charge is 2.32. The molecule has 0 saturated heterocycles. The molecule has 0 fully saturated rings. The van der Waals surface area contributed by atoms with Gasteiger partial charge in [-0.25, -0.2) is 0 Å². The first-order valence-electron chi connectivity index (χ1n) is 7.45. The Balaban J connectivity index is 2.97. The first-order valence-corrected chi connectivity index (χ1v) is 7.45. The van der Waals surface area contributed by atoms with Crippen LogP contribution >= 0.6 is 0 Å². The van der Waals surface area contributed by atoms with Crippen LogP contribution in [0.3, 0.4) is 0 Å². The van der Waals surface area contributed by atoms with Gasteiger partial charge in [0.25, 0.3) is 5.91 Å². The molecule has 0 bridgehead atoms. The van der Waals surface area contributed by atoms with Gasteiger partial charge >= 0.3 is 5.97 Å². The number of hydrogen-bond acceptors (Lipinski definition) is 5. The van der Waals surface area contributed by atoms with Crippen LogP contribution in [0.5, 0.6) is 5.75 Å². The smallest absolute Gasteiger partial charge is 0.308 e. The fraction of sp³-hybridized carbons (Fsp3) is 0.471. The van der Waals surface area contributed by atoms with Crippen molar-refractivity contribution in [1.82, 2.24) is 0 Å². The minimum atomic E-state index is -0.961. The molecule has 1 N–H and O–H groups in total. The van der Waals surface area contributed by atoms with Gasteiger partial charge in [-0.2, -0.15) is 5.26 Å². The number of methoxy groups -OCH3 is 1. The van der Waals surface area contributed by atoms with E-state index in [1.807, 2.05) is 13.0 Å². The van der Waals surface area contributed by atoms with Crippen molar-refractivity contribution in [3.8, 4) is 11.8 Å². The molecule has 1 amide bonds. The summed E-state index contributed by atoms with van der Waals surface area (Å²) in [6, 6.07) is 6.44. The summed E-state index contributed by atoms with van der Waals surface area (Å²) in [7, 11) is 1.49. The summed E-state index contributed by atoms with van der Waals surface area (Å²) in [4.78, 5) is 23.4. The summed E-state index contributed by atoms with van der Waals surface area (Å²) in [6.07, 6.45) is 2.39. The molecular weight excluding hydrogens is 296 g/mol. The SMILES string of the molecule is CCCCC(C)(OC)C(=O)Nc1ccc(OC(C)=O)cc1C#N. The lowest BCUT2D eigenvalue weighted by atomic mass is 9.97. The summed E-state index contributed by atoms with van der Waals surface area (Å²) < 4.78 is 10.3. The van der Waals surface area contributed by atoms with E-state index in [1.165, 1.54) is 32.2 Å². The lowest BCUT2D eigenvalue weighted by Crippen LogP contribution is -2.42. The van der Waals surface area contributed by atoms with Crippen LogP contribution in [0.2, 0.25) is 0 Å². The maximum absolute atomic E-state index is 12.5. The predicted molar refractivity (Wildman–Crippen MR) is 86.0 cm³/mol. The Morgan fingerprint density at radius 2 is 2.09 bits per heavy atom. The van der Waals surface area contributed by atoms with Crippen molar-refractivity contribution < 1.29 is 19.1 Å². The molecule has 6 nitrogen and oxygen atoms in total. The van der Waals surface area contributed by atoms with E-state index in [-0.39, 0.29) is 17.2 Å². The number of nitrogens with one attached hydrogen (secondary N) is 1. The Bertz CT molecular complexity index is 622. The molecule has 6 heteroatoms. The normalized spacial score (nSPS) is 12.8. The predicted octanol–water partition coefficient (Wildman–Crippen LogP) is 3.02. The molecule has 0 aliphatic rings. The zero-order valence-electron chi connectivity index (χ0n) is 13.9. The number of carbonyl (C=O) groups excluding carboxylic acids is 2. The van der Waals surface area contributed by atoms with Crippen molar-refractivity contribution in [2.75, 3.05) is 12.4 Å². The Morgan fingerprint density at radius 3 is 2.61 bits per heavy atom. The standard InChI is InChI=1S/C17H22N2O4/c1-5-6-9-17(3,22-4)16(21)19-15-8-7-14(23-12(2)20)10-13(15)11-18/h7-8,10H,5-6,9H2,1-4H3,(H,19,21). The van der Waals surface area contributed by atoms with Gasteiger partial charge in [0.15, 0.2) is 0 Å². The Labute approximate surface area is 136 Å². The second-order valence-electron chi connectivity index (χ2n) is 5.41. The number of nitrogens with zero attached hydrogens (tertiary/aromatic N) is 1. The lowest BCUT2D eigenvalue weighted by molar-refractivity contribution is -0.136. The zero-order valence-corrected chi connectivity index (χ0v) is 13.9. The van der Waals surface area contributed by atoms with Gasteiger partial charge in [-0.05, 0) is 25.5 Å². The van der Waals surface area contributed by atoms with Crippen LogP contribution < -0.4 is 10.1 Å². The monoisotopic (exact) mass is 318 g/mol. The molecule has 0 aliphatic carbocycles. The van der Waals surface area contributed by atoms with Gasteiger partial charge < -0.3 is 14.8 Å². The van der Waals surface area contributed by atoms with E-state index in [1.54, 1.807) is 6.92 Å². The molecule has 0 saturated carbocycles. The van der Waals surface area contributed by atoms with E-state index in [0.29, 0.717) is 12.1 Å². The van der Waals surface area contributed by atoms with Crippen molar-refractivity contribution in [2.24, 2.45) is 0 Å². The third-order valence-corrected chi connectivity index (χ3v) is 3.56. The quantitative estimate of drug-likeness (QED) is 0.616. The van der Waals surface area contributed by atoms with E-state index in [9.17, 15) is 14.9 Å². The highest BCUT2D eigenvalue weighted by atomic mass is 16.5. The summed E-state index contributed by atoms with van der Waals surface area (Å²) >= 11 is 0. The molecule has 1 atom stereocenters. The van der Waals surface area contributed by atoms with Crippen molar-refractivity contribution >= 4 is 17.6 Å². The maximum atomic E-state index is 12.5. The number of rotatable bonds is 7. The average Bonchev–Trinajstić information content (AvgIpc) is 2.53. The number of nitriles is 1. The first kappa shape index (κ1) is 18.7. The van der Waals surface area contributed by atoms with Gasteiger partial charge in [0, 0.05) is 20.1 Å². The number of amides is 1. The van der Waals surface area contributed by atoms with E-state index in [4.69, 9.17) is 9.47 Å². The van der Waals surface area contributed by atoms with E-state index >= 15 is 0 Å². The van der Waals surface area contributed by atoms with Crippen molar-refractivity contribution in [3.05, 3.63) is 23.8 Å². The summed E-state index contributed by atoms with van der Waals surface area (Å²) in [5.74, 6) is -0.532. The molecule has 0 heterocycles. The highest BCUT2D eigenvalue weighted by Crippen LogP contribution is 2.25. The van der Waals surface area contributed by atoms with Gasteiger partial charge in [0.2, 0.25) is 0 Å². The molecule has 1 rings (SSSR count). The first-order chi connectivity index (χ1) is 10.9. The van der Waals surface area contributed by atoms with Gasteiger partial charge in [0.1, 0.15) is 17.4 Å². The zero-order chi connectivity index (χ0) is 17.5. The second kappa shape index (κ2) is 8.30. The average molecular weight is 318 g/mol. The number of benzene rings is 1. The molecular formula is C17H22N2O4. The van der Waals surface area contributed by atoms with Crippen LogP contribution in [0.25, 0.3) is 0 Å². The second-order valence-corrected chi connectivity index (χ2v) is 5.41. The third-order valence-electron chi connectivity index (χ3n) is 3.56. The summed E-state index contributed by atoms with van der Waals surface area (Å²) in [5, 5.41) is 11.9. The maximum Gasteiger partial charge on any atom is 0.308 e. The van der Waals surface area contributed by atoms with E-state index in [2.05, 4.69) is 5.32 Å².